The Kier molecular flexibility index (Phi) is 6.56. The van der Waals surface area contributed by atoms with Crippen LogP contribution < -0.4 is 0 Å². The van der Waals surface area contributed by atoms with Crippen molar-refractivity contribution in [2.75, 3.05) is 0 Å². The summed E-state index contributed by atoms with van der Waals surface area (Å²) >= 11 is -1.89. The summed E-state index contributed by atoms with van der Waals surface area (Å²) in [6, 6.07) is 3.89. The summed E-state index contributed by atoms with van der Waals surface area (Å²) in [5, 5.41) is 0. The minimum Gasteiger partial charge on any atom is -0.368 e. The molecule has 0 aliphatic rings. The second kappa shape index (κ2) is 6.78. The third-order valence-electron chi connectivity index (χ3n) is 0.557. The summed E-state index contributed by atoms with van der Waals surface area (Å²) in [5.41, 5.74) is 0. The van der Waals surface area contributed by atoms with Gasteiger partial charge in [0.1, 0.15) is 0 Å². The molecule has 0 atom stereocenters. The van der Waals surface area contributed by atoms with Gasteiger partial charge in [0.05, 0.1) is 0 Å². The van der Waals surface area contributed by atoms with Gasteiger partial charge in [-0.15, -0.1) is 0 Å². The van der Waals surface area contributed by atoms with Gasteiger partial charge < -0.3 is 4.98 Å². The first kappa shape index (κ1) is 9.67. The van der Waals surface area contributed by atoms with E-state index >= 15 is 0 Å². The Hall–Kier alpha value is -0.332. The van der Waals surface area contributed by atoms with Crippen LogP contribution in [0.3, 0.4) is 0 Å². The summed E-state index contributed by atoms with van der Waals surface area (Å²) in [6.45, 7) is 0. The third kappa shape index (κ3) is 7.67. The van der Waals surface area contributed by atoms with Crippen LogP contribution >= 0.6 is 5.77 Å². The van der Waals surface area contributed by atoms with Crippen LogP contribution in [0.15, 0.2) is 24.5 Å². The van der Waals surface area contributed by atoms with Crippen molar-refractivity contribution < 1.29 is 30.5 Å². The van der Waals surface area contributed by atoms with Crippen molar-refractivity contribution in [2.24, 2.45) is 0 Å². The van der Waals surface area contributed by atoms with Crippen molar-refractivity contribution in [3.63, 3.8) is 0 Å². The molecule has 0 fully saturated rings. The van der Waals surface area contributed by atoms with Crippen LogP contribution in [0.2, 0.25) is 0 Å². The molecule has 0 bridgehead atoms. The quantitative estimate of drug-likeness (QED) is 0.599. The van der Waals surface area contributed by atoms with Crippen molar-refractivity contribution in [1.82, 2.24) is 4.98 Å². The van der Waals surface area contributed by atoms with Gasteiger partial charge >= 0.3 is 36.3 Å². The average molecular weight is 242 g/mol. The van der Waals surface area contributed by atoms with E-state index < -0.39 is 23.8 Å². The molecule has 0 spiro atoms. The maximum atomic E-state index is 9.16. The Bertz CT molecular complexity index is 205. The second-order valence-corrected chi connectivity index (χ2v) is 5.08. The number of aromatic nitrogens is 1. The number of aromatic amines is 1. The smallest absolute Gasteiger partial charge is 0.000496 e. The Morgan fingerprint density at radius 2 is 1.60 bits per heavy atom. The normalized spacial score (nSPS) is 7.20. The summed E-state index contributed by atoms with van der Waals surface area (Å²) in [6.07, 6.45) is 3.75. The minimum atomic E-state index is -2.52. The van der Waals surface area contributed by atoms with Gasteiger partial charge in [0.25, 0.3) is 0 Å². The molecule has 1 aromatic rings. The Labute approximate surface area is 66.1 Å². The molecule has 1 heterocycles. The van der Waals surface area contributed by atoms with Crippen LogP contribution in [0.4, 0.5) is 0 Å². The zero-order valence-corrected chi connectivity index (χ0v) is 7.79. The molecule has 10 heavy (non-hydrogen) atoms. The van der Waals surface area contributed by atoms with E-state index in [1.807, 2.05) is 24.5 Å². The fraction of sp³-hybridized carbons (Fsp3) is 0. The summed E-state index contributed by atoms with van der Waals surface area (Å²) in [4.78, 5) is 2.86. The zero-order valence-electron chi connectivity index (χ0n) is 4.89. The van der Waals surface area contributed by atoms with E-state index in [2.05, 4.69) is 4.98 Å². The predicted molar refractivity (Wildman–Crippen MR) is 29.8 cm³/mol. The van der Waals surface area contributed by atoms with E-state index in [1.54, 1.807) is 0 Å². The number of nitrogens with one attached hydrogen (secondary N) is 1. The summed E-state index contributed by atoms with van der Waals surface area (Å²) in [7, 11) is 0. The molecular formula is C4H5MoNO3P. The molecule has 1 rings (SSSR count). The molecule has 6 heteroatoms. The molecule has 0 aromatic carbocycles. The molecule has 0 saturated heterocycles. The van der Waals surface area contributed by atoms with Crippen LogP contribution in [0.1, 0.15) is 0 Å². The molecule has 0 aliphatic heterocycles. The number of hydrogen-bond donors (Lipinski definition) is 1. The maximum absolute atomic E-state index is 9.16. The number of H-pyrrole nitrogens is 1. The second-order valence-electron chi connectivity index (χ2n) is 1.18. The summed E-state index contributed by atoms with van der Waals surface area (Å²) in [5.74, 6) is -2.52. The van der Waals surface area contributed by atoms with Crippen molar-refractivity contribution in [1.29, 1.82) is 0 Å². The Balaban J connectivity index is 0.000000162. The van der Waals surface area contributed by atoms with Crippen LogP contribution in [-0.2, 0) is 30.5 Å². The number of hydrogen-bond acceptors (Lipinski definition) is 3. The standard InChI is InChI=1S/C4H5N.Mo.O2P.O/c1-2-4-5-3-1;;1-3-2;/h1-5H;;;. The van der Waals surface area contributed by atoms with Gasteiger partial charge in [-0.3, -0.25) is 0 Å². The van der Waals surface area contributed by atoms with Gasteiger partial charge in [0, 0.05) is 12.4 Å². The number of rotatable bonds is 1. The SMILES string of the molecule is [O]=[Mo][P](=O)=O.c1cc[nH]c1. The van der Waals surface area contributed by atoms with Crippen LogP contribution in [0, 0.1) is 0 Å². The average Bonchev–Trinajstić information content (AvgIpc) is 2.43. The molecular weight excluding hydrogens is 237 g/mol. The topological polar surface area (TPSA) is 67.0 Å². The van der Waals surface area contributed by atoms with E-state index in [-0.39, 0.29) is 0 Å². The Morgan fingerprint density at radius 3 is 1.70 bits per heavy atom. The summed E-state index contributed by atoms with van der Waals surface area (Å²) < 4.78 is 27.5. The van der Waals surface area contributed by atoms with Crippen molar-refractivity contribution in [3.05, 3.63) is 24.5 Å². The molecule has 0 saturated carbocycles. The monoisotopic (exact) mass is 244 g/mol. The van der Waals surface area contributed by atoms with Gasteiger partial charge in [-0.05, 0) is 12.1 Å². The molecule has 1 aromatic heterocycles. The molecule has 0 amide bonds. The largest absolute Gasteiger partial charge is 0.368 e. The Morgan fingerprint density at radius 1 is 1.20 bits per heavy atom. The van der Waals surface area contributed by atoms with Gasteiger partial charge in [0.15, 0.2) is 0 Å². The van der Waals surface area contributed by atoms with E-state index in [9.17, 15) is 0 Å². The molecule has 4 nitrogen and oxygen atoms in total. The van der Waals surface area contributed by atoms with E-state index in [0.717, 1.165) is 0 Å². The van der Waals surface area contributed by atoms with E-state index in [1.165, 1.54) is 0 Å². The first-order chi connectivity index (χ1) is 4.77. The molecule has 1 N–H and O–H groups in total. The van der Waals surface area contributed by atoms with Crippen molar-refractivity contribution in [2.45, 2.75) is 0 Å². The first-order valence-corrected chi connectivity index (χ1v) is 6.90. The minimum absolute atomic E-state index is 1.88. The van der Waals surface area contributed by atoms with Gasteiger partial charge in [-0.25, -0.2) is 0 Å². The van der Waals surface area contributed by atoms with E-state index in [0.29, 0.717) is 0 Å². The zero-order chi connectivity index (χ0) is 7.82. The van der Waals surface area contributed by atoms with Crippen LogP contribution in [0.5, 0.6) is 0 Å². The van der Waals surface area contributed by atoms with Crippen LogP contribution in [-0.4, -0.2) is 4.98 Å². The van der Waals surface area contributed by atoms with Gasteiger partial charge in [-0.1, -0.05) is 0 Å². The van der Waals surface area contributed by atoms with Gasteiger partial charge in [-0.2, -0.15) is 0 Å². The van der Waals surface area contributed by atoms with Crippen LogP contribution in [0.25, 0.3) is 0 Å². The predicted octanol–water partition coefficient (Wildman–Crippen LogP) is 1.52. The molecule has 55 valence electrons. The fourth-order valence-corrected chi connectivity index (χ4v) is 0.278. The molecule has 0 unspecified atom stereocenters. The first-order valence-electron chi connectivity index (χ1n) is 2.29. The molecule has 0 radical (unpaired) electrons. The fourth-order valence-electron chi connectivity index (χ4n) is 0.278. The van der Waals surface area contributed by atoms with Crippen molar-refractivity contribution in [3.8, 4) is 0 Å². The maximum Gasteiger partial charge on any atom is 0.000496 e. The van der Waals surface area contributed by atoms with Crippen molar-refractivity contribution >= 4 is 5.77 Å². The third-order valence-corrected chi connectivity index (χ3v) is 1.58. The molecule has 0 aliphatic carbocycles. The van der Waals surface area contributed by atoms with Gasteiger partial charge in [0.2, 0.25) is 0 Å². The van der Waals surface area contributed by atoms with E-state index in [4.69, 9.17) is 12.5 Å².